The monoisotopic (exact) mass is 182 g/mol. The third kappa shape index (κ3) is 2.19. The molecule has 0 spiro atoms. The van der Waals surface area contributed by atoms with Crippen LogP contribution in [0, 0.1) is 5.92 Å². The molecule has 1 aliphatic rings. The smallest absolute Gasteiger partial charge is 0.135 e. The molecule has 0 radical (unpaired) electrons. The molecule has 0 bridgehead atoms. The fourth-order valence-electron chi connectivity index (χ4n) is 1.66. The average molecular weight is 182 g/mol. The molecule has 2 heteroatoms. The molecule has 1 aliphatic heterocycles. The first-order valence-electron chi connectivity index (χ1n) is 4.80. The topological polar surface area (TPSA) is 26.3 Å². The van der Waals surface area contributed by atoms with Crippen molar-refractivity contribution in [3.8, 4) is 0 Å². The van der Waals surface area contributed by atoms with Crippen molar-refractivity contribution < 1.29 is 9.53 Å². The van der Waals surface area contributed by atoms with Gasteiger partial charge < -0.3 is 4.74 Å². The molecule has 0 N–H and O–H groups in total. The van der Waals surface area contributed by atoms with Crippen molar-refractivity contribution in [2.24, 2.45) is 5.92 Å². The Bertz CT molecular complexity index is 222. The maximum atomic E-state index is 11.1. The predicted octanol–water partition coefficient (Wildman–Crippen LogP) is 2.34. The Morgan fingerprint density at radius 2 is 2.38 bits per heavy atom. The van der Waals surface area contributed by atoms with E-state index < -0.39 is 0 Å². The van der Waals surface area contributed by atoms with E-state index in [9.17, 15) is 4.79 Å². The van der Waals surface area contributed by atoms with Gasteiger partial charge in [0, 0.05) is 5.92 Å². The van der Waals surface area contributed by atoms with Gasteiger partial charge in [-0.2, -0.15) is 0 Å². The molecule has 0 unspecified atom stereocenters. The van der Waals surface area contributed by atoms with Crippen molar-refractivity contribution >= 4 is 5.78 Å². The van der Waals surface area contributed by atoms with E-state index in [0.29, 0.717) is 0 Å². The van der Waals surface area contributed by atoms with E-state index in [1.54, 1.807) is 6.92 Å². The van der Waals surface area contributed by atoms with Gasteiger partial charge in [-0.25, -0.2) is 0 Å². The highest BCUT2D eigenvalue weighted by Gasteiger charge is 2.37. The van der Waals surface area contributed by atoms with Gasteiger partial charge >= 0.3 is 0 Å². The normalized spacial score (nSPS) is 35.8. The van der Waals surface area contributed by atoms with Crippen LogP contribution in [0.25, 0.3) is 0 Å². The highest BCUT2D eigenvalue weighted by Crippen LogP contribution is 2.34. The zero-order valence-corrected chi connectivity index (χ0v) is 8.67. The summed E-state index contributed by atoms with van der Waals surface area (Å²) in [6, 6.07) is 0. The molecular formula is C11H18O2. The Labute approximate surface area is 80.0 Å². The molecule has 1 fully saturated rings. The molecular weight excluding hydrogens is 164 g/mol. The minimum Gasteiger partial charge on any atom is -0.367 e. The van der Waals surface area contributed by atoms with Crippen molar-refractivity contribution in [1.82, 2.24) is 0 Å². The summed E-state index contributed by atoms with van der Waals surface area (Å²) in [4.78, 5) is 11.1. The van der Waals surface area contributed by atoms with E-state index in [4.69, 9.17) is 4.74 Å². The molecule has 13 heavy (non-hydrogen) atoms. The molecule has 1 rings (SSSR count). The summed E-state index contributed by atoms with van der Waals surface area (Å²) in [5.74, 6) is 0.222. The van der Waals surface area contributed by atoms with Crippen LogP contribution in [0.3, 0.4) is 0 Å². The van der Waals surface area contributed by atoms with Crippen LogP contribution < -0.4 is 0 Å². The highest BCUT2D eigenvalue weighted by molar-refractivity contribution is 5.78. The van der Waals surface area contributed by atoms with Crippen LogP contribution >= 0.6 is 0 Å². The summed E-state index contributed by atoms with van der Waals surface area (Å²) < 4.78 is 5.78. The number of Topliss-reactive ketones (excluding diaryl/α,β-unsaturated/α-hetero) is 1. The third-order valence-corrected chi connectivity index (χ3v) is 2.98. The second kappa shape index (κ2) is 3.62. The summed E-state index contributed by atoms with van der Waals surface area (Å²) >= 11 is 0. The minimum atomic E-state index is -0.214. The standard InChI is InChI=1S/C11H18O2/c1-5-11(4)7-6-10(13-11)8(2)9(3)12/h5,8,10H,1,6-7H2,2-4H3/t8-,10-,11-/m0/s1. The van der Waals surface area contributed by atoms with Crippen molar-refractivity contribution in [2.75, 3.05) is 0 Å². The second-order valence-corrected chi connectivity index (χ2v) is 4.11. The maximum absolute atomic E-state index is 11.1. The minimum absolute atomic E-state index is 0.0155. The lowest BCUT2D eigenvalue weighted by Crippen LogP contribution is -2.28. The van der Waals surface area contributed by atoms with Crippen molar-refractivity contribution in [3.63, 3.8) is 0 Å². The summed E-state index contributed by atoms with van der Waals surface area (Å²) in [6.07, 6.45) is 3.85. The van der Waals surface area contributed by atoms with Gasteiger partial charge in [-0.1, -0.05) is 13.0 Å². The van der Waals surface area contributed by atoms with E-state index in [1.165, 1.54) is 0 Å². The zero-order chi connectivity index (χ0) is 10.1. The van der Waals surface area contributed by atoms with E-state index in [2.05, 4.69) is 6.58 Å². The molecule has 2 nitrogen and oxygen atoms in total. The van der Waals surface area contributed by atoms with E-state index in [-0.39, 0.29) is 23.4 Å². The molecule has 0 aliphatic carbocycles. The molecule has 1 heterocycles. The van der Waals surface area contributed by atoms with Gasteiger partial charge in [0.15, 0.2) is 0 Å². The molecule has 0 aromatic heterocycles. The largest absolute Gasteiger partial charge is 0.367 e. The SMILES string of the molecule is C=C[C@@]1(C)CC[C@@H]([C@@H](C)C(C)=O)O1. The summed E-state index contributed by atoms with van der Waals surface area (Å²) in [6.45, 7) is 9.32. The Hall–Kier alpha value is -0.630. The molecule has 0 aromatic rings. The number of rotatable bonds is 3. The molecule has 0 saturated carbocycles. The number of ketones is 1. The first-order valence-corrected chi connectivity index (χ1v) is 4.80. The fourth-order valence-corrected chi connectivity index (χ4v) is 1.66. The van der Waals surface area contributed by atoms with Gasteiger partial charge in [-0.05, 0) is 26.7 Å². The first kappa shape index (κ1) is 10.5. The van der Waals surface area contributed by atoms with E-state index in [0.717, 1.165) is 12.8 Å². The van der Waals surface area contributed by atoms with Crippen LogP contribution in [-0.4, -0.2) is 17.5 Å². The van der Waals surface area contributed by atoms with Crippen LogP contribution in [0.5, 0.6) is 0 Å². The average Bonchev–Trinajstić information content (AvgIpc) is 2.47. The predicted molar refractivity (Wildman–Crippen MR) is 52.6 cm³/mol. The number of hydrogen-bond acceptors (Lipinski definition) is 2. The van der Waals surface area contributed by atoms with Crippen LogP contribution in [-0.2, 0) is 9.53 Å². The van der Waals surface area contributed by atoms with Gasteiger partial charge in [-0.15, -0.1) is 6.58 Å². The Morgan fingerprint density at radius 3 is 2.77 bits per heavy atom. The number of hydrogen-bond donors (Lipinski definition) is 0. The summed E-state index contributed by atoms with van der Waals surface area (Å²) in [7, 11) is 0. The summed E-state index contributed by atoms with van der Waals surface area (Å²) in [5, 5.41) is 0. The van der Waals surface area contributed by atoms with Gasteiger partial charge in [0.2, 0.25) is 0 Å². The fraction of sp³-hybridized carbons (Fsp3) is 0.727. The van der Waals surface area contributed by atoms with Gasteiger partial charge in [0.25, 0.3) is 0 Å². The Morgan fingerprint density at radius 1 is 1.77 bits per heavy atom. The number of carbonyl (C=O) groups is 1. The maximum Gasteiger partial charge on any atom is 0.135 e. The lowest BCUT2D eigenvalue weighted by Gasteiger charge is -2.22. The number of carbonyl (C=O) groups excluding carboxylic acids is 1. The Balaban J connectivity index is 2.59. The third-order valence-electron chi connectivity index (χ3n) is 2.98. The van der Waals surface area contributed by atoms with E-state index in [1.807, 2.05) is 19.9 Å². The van der Waals surface area contributed by atoms with Crippen molar-refractivity contribution in [2.45, 2.75) is 45.3 Å². The van der Waals surface area contributed by atoms with Crippen LogP contribution in [0.2, 0.25) is 0 Å². The molecule has 3 atom stereocenters. The van der Waals surface area contributed by atoms with Gasteiger partial charge in [0.05, 0.1) is 11.7 Å². The van der Waals surface area contributed by atoms with Gasteiger partial charge in [0.1, 0.15) is 5.78 Å². The number of ether oxygens (including phenoxy) is 1. The highest BCUT2D eigenvalue weighted by atomic mass is 16.5. The van der Waals surface area contributed by atoms with E-state index >= 15 is 0 Å². The Kier molecular flexibility index (Phi) is 2.91. The summed E-state index contributed by atoms with van der Waals surface area (Å²) in [5.41, 5.74) is -0.214. The second-order valence-electron chi connectivity index (χ2n) is 4.11. The van der Waals surface area contributed by atoms with Crippen molar-refractivity contribution in [3.05, 3.63) is 12.7 Å². The van der Waals surface area contributed by atoms with Gasteiger partial charge in [-0.3, -0.25) is 4.79 Å². The quantitative estimate of drug-likeness (QED) is 0.626. The lowest BCUT2D eigenvalue weighted by molar-refractivity contribution is -0.125. The lowest BCUT2D eigenvalue weighted by atomic mass is 9.96. The van der Waals surface area contributed by atoms with Crippen molar-refractivity contribution in [1.29, 1.82) is 0 Å². The zero-order valence-electron chi connectivity index (χ0n) is 8.67. The molecule has 0 aromatic carbocycles. The van der Waals surface area contributed by atoms with Crippen LogP contribution in [0.1, 0.15) is 33.6 Å². The molecule has 1 saturated heterocycles. The molecule has 74 valence electrons. The van der Waals surface area contributed by atoms with Crippen LogP contribution in [0.4, 0.5) is 0 Å². The van der Waals surface area contributed by atoms with Crippen LogP contribution in [0.15, 0.2) is 12.7 Å². The molecule has 0 amide bonds. The first-order chi connectivity index (χ1) is 5.98.